The first-order valence-corrected chi connectivity index (χ1v) is 11.6. The fraction of sp³-hybridized carbons (Fsp3) is 0.333. The normalized spacial score (nSPS) is 13.0. The van der Waals surface area contributed by atoms with E-state index < -0.39 is 10.8 Å². The van der Waals surface area contributed by atoms with Crippen LogP contribution in [0.2, 0.25) is 0 Å². The standard InChI is InChI=1S/C24H28N2O3S/c1-17-9-13-21(14-10-17)24-26-22(19(3)29-24)15-30(28)16-23(27)25-18(2)11-12-20-7-5-4-6-8-20/h4-10,13-14,18H,11-12,15-16H2,1-3H3,(H,25,27)/t18-,30+/m1/s1. The van der Waals surface area contributed by atoms with Crippen LogP contribution in [0.25, 0.3) is 11.5 Å². The summed E-state index contributed by atoms with van der Waals surface area (Å²) in [4.78, 5) is 16.8. The third-order valence-corrected chi connectivity index (χ3v) is 6.08. The third kappa shape index (κ3) is 6.39. The zero-order valence-corrected chi connectivity index (χ0v) is 18.5. The molecule has 0 unspecified atom stereocenters. The van der Waals surface area contributed by atoms with Crippen molar-refractivity contribution in [3.63, 3.8) is 0 Å². The van der Waals surface area contributed by atoms with E-state index in [0.29, 0.717) is 17.3 Å². The molecule has 3 rings (SSSR count). The number of rotatable bonds is 9. The molecule has 0 aliphatic carbocycles. The highest BCUT2D eigenvalue weighted by Crippen LogP contribution is 2.22. The van der Waals surface area contributed by atoms with Crippen molar-refractivity contribution in [3.05, 3.63) is 77.2 Å². The summed E-state index contributed by atoms with van der Waals surface area (Å²) in [5.74, 6) is 1.11. The zero-order chi connectivity index (χ0) is 21.5. The zero-order valence-electron chi connectivity index (χ0n) is 17.7. The predicted molar refractivity (Wildman–Crippen MR) is 120 cm³/mol. The number of aromatic nitrogens is 1. The van der Waals surface area contributed by atoms with Gasteiger partial charge in [-0.1, -0.05) is 48.0 Å². The Morgan fingerprint density at radius 2 is 1.80 bits per heavy atom. The quantitative estimate of drug-likeness (QED) is 0.554. The lowest BCUT2D eigenvalue weighted by molar-refractivity contribution is -0.119. The molecule has 0 fully saturated rings. The van der Waals surface area contributed by atoms with Crippen LogP contribution in [-0.2, 0) is 27.8 Å². The van der Waals surface area contributed by atoms with Crippen molar-refractivity contribution in [1.82, 2.24) is 10.3 Å². The van der Waals surface area contributed by atoms with Gasteiger partial charge in [-0.3, -0.25) is 9.00 Å². The van der Waals surface area contributed by atoms with Gasteiger partial charge in [0.25, 0.3) is 0 Å². The van der Waals surface area contributed by atoms with Crippen molar-refractivity contribution < 1.29 is 13.4 Å². The molecule has 6 heteroatoms. The van der Waals surface area contributed by atoms with E-state index in [1.807, 2.05) is 63.2 Å². The molecule has 0 aliphatic rings. The van der Waals surface area contributed by atoms with Crippen molar-refractivity contribution in [3.8, 4) is 11.5 Å². The monoisotopic (exact) mass is 424 g/mol. The van der Waals surface area contributed by atoms with Gasteiger partial charge in [-0.15, -0.1) is 0 Å². The molecule has 0 bridgehead atoms. The lowest BCUT2D eigenvalue weighted by atomic mass is 10.1. The molecular formula is C24H28N2O3S. The third-order valence-electron chi connectivity index (χ3n) is 4.90. The molecule has 0 spiro atoms. The summed E-state index contributed by atoms with van der Waals surface area (Å²) in [5.41, 5.74) is 3.92. The van der Waals surface area contributed by atoms with Crippen molar-refractivity contribution in [2.75, 3.05) is 5.75 Å². The molecule has 30 heavy (non-hydrogen) atoms. The molecule has 2 atom stereocenters. The van der Waals surface area contributed by atoms with Gasteiger partial charge < -0.3 is 9.73 Å². The maximum Gasteiger partial charge on any atom is 0.232 e. The second-order valence-electron chi connectivity index (χ2n) is 7.61. The highest BCUT2D eigenvalue weighted by molar-refractivity contribution is 7.84. The van der Waals surface area contributed by atoms with Gasteiger partial charge in [-0.05, 0) is 51.3 Å². The molecule has 0 saturated heterocycles. The van der Waals surface area contributed by atoms with E-state index >= 15 is 0 Å². The van der Waals surface area contributed by atoms with Gasteiger partial charge >= 0.3 is 0 Å². The summed E-state index contributed by atoms with van der Waals surface area (Å²) in [6, 6.07) is 18.1. The second-order valence-corrected chi connectivity index (χ2v) is 9.07. The minimum absolute atomic E-state index is 0.0247. The fourth-order valence-corrected chi connectivity index (χ4v) is 4.20. The number of carbonyl (C=O) groups is 1. The molecule has 1 aromatic heterocycles. The number of nitrogens with one attached hydrogen (secondary N) is 1. The fourth-order valence-electron chi connectivity index (χ4n) is 3.15. The topological polar surface area (TPSA) is 72.2 Å². The van der Waals surface area contributed by atoms with Crippen LogP contribution in [-0.4, -0.2) is 26.9 Å². The number of carbonyl (C=O) groups excluding carboxylic acids is 1. The van der Waals surface area contributed by atoms with Gasteiger partial charge in [0.15, 0.2) is 0 Å². The predicted octanol–water partition coefficient (Wildman–Crippen LogP) is 4.34. The molecule has 1 amide bonds. The maximum atomic E-state index is 12.5. The minimum atomic E-state index is -1.35. The maximum absolute atomic E-state index is 12.5. The van der Waals surface area contributed by atoms with Gasteiger partial charge in [-0.2, -0.15) is 0 Å². The summed E-state index contributed by atoms with van der Waals surface area (Å²) < 4.78 is 18.2. The first-order chi connectivity index (χ1) is 14.4. The summed E-state index contributed by atoms with van der Waals surface area (Å²) in [7, 11) is -1.35. The van der Waals surface area contributed by atoms with Crippen LogP contribution in [0.15, 0.2) is 59.0 Å². The van der Waals surface area contributed by atoms with E-state index in [1.165, 1.54) is 5.56 Å². The number of aryl methyl sites for hydroxylation is 3. The largest absolute Gasteiger partial charge is 0.441 e. The molecule has 0 saturated carbocycles. The van der Waals surface area contributed by atoms with Crippen molar-refractivity contribution in [2.45, 2.75) is 45.4 Å². The van der Waals surface area contributed by atoms with Gasteiger partial charge in [0, 0.05) is 22.4 Å². The number of hydrogen-bond acceptors (Lipinski definition) is 4. The van der Waals surface area contributed by atoms with Crippen molar-refractivity contribution in [2.24, 2.45) is 0 Å². The molecule has 0 aliphatic heterocycles. The van der Waals surface area contributed by atoms with Crippen LogP contribution in [0.3, 0.4) is 0 Å². The van der Waals surface area contributed by atoms with Crippen molar-refractivity contribution in [1.29, 1.82) is 0 Å². The Balaban J connectivity index is 1.49. The Morgan fingerprint density at radius 3 is 2.50 bits per heavy atom. The van der Waals surface area contributed by atoms with E-state index in [9.17, 15) is 9.00 Å². The van der Waals surface area contributed by atoms with Gasteiger partial charge in [0.2, 0.25) is 11.8 Å². The average Bonchev–Trinajstić information content (AvgIpc) is 3.07. The van der Waals surface area contributed by atoms with Crippen molar-refractivity contribution >= 4 is 16.7 Å². The molecule has 3 aromatic rings. The highest BCUT2D eigenvalue weighted by Gasteiger charge is 2.17. The van der Waals surface area contributed by atoms with E-state index in [-0.39, 0.29) is 23.5 Å². The first kappa shape index (κ1) is 22.0. The highest BCUT2D eigenvalue weighted by atomic mass is 32.2. The minimum Gasteiger partial charge on any atom is -0.441 e. The number of nitrogens with zero attached hydrogens (tertiary/aromatic N) is 1. The smallest absolute Gasteiger partial charge is 0.232 e. The Hall–Kier alpha value is -2.73. The SMILES string of the molecule is Cc1ccc(-c2nc(C[S@](=O)CC(=O)N[C@H](C)CCc3ccccc3)c(C)o2)cc1. The lowest BCUT2D eigenvalue weighted by Gasteiger charge is -2.13. The van der Waals surface area contributed by atoms with Crippen LogP contribution in [0.4, 0.5) is 0 Å². The van der Waals surface area contributed by atoms with Gasteiger partial charge in [0.05, 0.1) is 11.4 Å². The molecule has 158 valence electrons. The first-order valence-electron chi connectivity index (χ1n) is 10.1. The number of benzene rings is 2. The van der Waals surface area contributed by atoms with Crippen LogP contribution in [0, 0.1) is 13.8 Å². The summed E-state index contributed by atoms with van der Waals surface area (Å²) in [6.07, 6.45) is 1.73. The van der Waals surface area contributed by atoms with Gasteiger partial charge in [0.1, 0.15) is 11.5 Å². The molecule has 5 nitrogen and oxygen atoms in total. The lowest BCUT2D eigenvalue weighted by Crippen LogP contribution is -2.36. The summed E-state index contributed by atoms with van der Waals surface area (Å²) in [6.45, 7) is 5.80. The Labute approximate surface area is 180 Å². The van der Waals surface area contributed by atoms with Crippen LogP contribution in [0.5, 0.6) is 0 Å². The number of amides is 1. The van der Waals surface area contributed by atoms with Gasteiger partial charge in [-0.25, -0.2) is 4.98 Å². The Morgan fingerprint density at radius 1 is 1.10 bits per heavy atom. The van der Waals surface area contributed by atoms with E-state index in [0.717, 1.165) is 24.0 Å². The summed E-state index contributed by atoms with van der Waals surface area (Å²) >= 11 is 0. The molecule has 2 aromatic carbocycles. The Bertz CT molecular complexity index is 997. The van der Waals surface area contributed by atoms with Crippen LogP contribution >= 0.6 is 0 Å². The molecular weight excluding hydrogens is 396 g/mol. The summed E-state index contributed by atoms with van der Waals surface area (Å²) in [5, 5.41) is 2.94. The number of oxazole rings is 1. The van der Waals surface area contributed by atoms with Crippen LogP contribution in [0.1, 0.15) is 35.9 Å². The average molecular weight is 425 g/mol. The molecule has 1 heterocycles. The van der Waals surface area contributed by atoms with E-state index in [1.54, 1.807) is 0 Å². The van der Waals surface area contributed by atoms with Crippen LogP contribution < -0.4 is 5.32 Å². The Kier molecular flexibility index (Phi) is 7.57. The molecule has 0 radical (unpaired) electrons. The molecule has 1 N–H and O–H groups in total. The van der Waals surface area contributed by atoms with E-state index in [2.05, 4.69) is 22.4 Å². The second kappa shape index (κ2) is 10.3. The van der Waals surface area contributed by atoms with E-state index in [4.69, 9.17) is 4.42 Å². The number of hydrogen-bond donors (Lipinski definition) is 1.